The van der Waals surface area contributed by atoms with Crippen molar-refractivity contribution in [3.63, 3.8) is 0 Å². The Labute approximate surface area is 105 Å². The van der Waals surface area contributed by atoms with Crippen molar-refractivity contribution in [3.05, 3.63) is 41.6 Å². The van der Waals surface area contributed by atoms with Crippen LogP contribution in [0.4, 0.5) is 13.2 Å². The zero-order valence-electron chi connectivity index (χ0n) is 8.78. The largest absolute Gasteiger partial charge is 0.435 e. The molecule has 0 radical (unpaired) electrons. The first-order valence-corrected chi connectivity index (χ1v) is 5.16. The summed E-state index contributed by atoms with van der Waals surface area (Å²) in [6, 6.07) is 3.45. The highest BCUT2D eigenvalue weighted by molar-refractivity contribution is 6.29. The van der Waals surface area contributed by atoms with Crippen molar-refractivity contribution in [1.82, 2.24) is 9.97 Å². The van der Waals surface area contributed by atoms with Gasteiger partial charge in [0.2, 0.25) is 0 Å². The van der Waals surface area contributed by atoms with Gasteiger partial charge in [0.05, 0.1) is 11.3 Å². The predicted octanol–water partition coefficient (Wildman–Crippen LogP) is 3.54. The summed E-state index contributed by atoms with van der Waals surface area (Å²) < 4.78 is 41.9. The smallest absolute Gasteiger partial charge is 0.387 e. The second-order valence-electron chi connectivity index (χ2n) is 3.24. The molecule has 0 unspecified atom stereocenters. The van der Waals surface area contributed by atoms with Gasteiger partial charge in [0.25, 0.3) is 0 Å². The number of pyridine rings is 2. The molecule has 18 heavy (non-hydrogen) atoms. The Kier molecular flexibility index (Phi) is 3.66. The molecule has 0 atom stereocenters. The van der Waals surface area contributed by atoms with Crippen LogP contribution >= 0.6 is 11.6 Å². The van der Waals surface area contributed by atoms with Crippen LogP contribution in [0.25, 0.3) is 11.3 Å². The van der Waals surface area contributed by atoms with Crippen molar-refractivity contribution in [2.75, 3.05) is 0 Å². The Bertz CT molecular complexity index is 566. The van der Waals surface area contributed by atoms with Crippen LogP contribution in [-0.4, -0.2) is 16.6 Å². The lowest BCUT2D eigenvalue weighted by Gasteiger charge is -2.06. The van der Waals surface area contributed by atoms with E-state index in [1.165, 1.54) is 24.5 Å². The Morgan fingerprint density at radius 1 is 1.22 bits per heavy atom. The molecule has 2 aromatic heterocycles. The number of ether oxygens (including phenoxy) is 1. The maximum Gasteiger partial charge on any atom is 0.387 e. The molecular formula is C11H6ClF3N2O. The molecular weight excluding hydrogens is 269 g/mol. The van der Waals surface area contributed by atoms with Gasteiger partial charge in [-0.05, 0) is 6.07 Å². The highest BCUT2D eigenvalue weighted by atomic mass is 35.5. The van der Waals surface area contributed by atoms with Crippen LogP contribution in [-0.2, 0) is 0 Å². The molecule has 2 heterocycles. The van der Waals surface area contributed by atoms with E-state index in [9.17, 15) is 13.2 Å². The minimum atomic E-state index is -2.95. The molecule has 0 saturated heterocycles. The van der Waals surface area contributed by atoms with Crippen LogP contribution in [0.15, 0.2) is 30.6 Å². The number of nitrogens with zero attached hydrogens (tertiary/aromatic N) is 2. The molecule has 0 amide bonds. The second-order valence-corrected chi connectivity index (χ2v) is 3.63. The molecule has 0 aliphatic heterocycles. The van der Waals surface area contributed by atoms with Gasteiger partial charge in [-0.25, -0.2) is 9.37 Å². The summed E-state index contributed by atoms with van der Waals surface area (Å²) >= 11 is 5.51. The summed E-state index contributed by atoms with van der Waals surface area (Å²) in [4.78, 5) is 7.56. The molecule has 0 aliphatic rings. The summed E-state index contributed by atoms with van der Waals surface area (Å²) in [7, 11) is 0. The van der Waals surface area contributed by atoms with Crippen LogP contribution in [0, 0.1) is 5.82 Å². The summed E-state index contributed by atoms with van der Waals surface area (Å²) in [5.74, 6) is -0.749. The summed E-state index contributed by atoms with van der Waals surface area (Å²) in [5.41, 5.74) is 0.189. The van der Waals surface area contributed by atoms with Gasteiger partial charge in [0, 0.05) is 24.5 Å². The molecule has 0 saturated carbocycles. The number of hydrogen-bond donors (Lipinski definition) is 0. The molecule has 0 aliphatic carbocycles. The van der Waals surface area contributed by atoms with Gasteiger partial charge in [-0.3, -0.25) is 4.98 Å². The number of rotatable bonds is 3. The van der Waals surface area contributed by atoms with Crippen molar-refractivity contribution in [1.29, 1.82) is 0 Å². The lowest BCUT2D eigenvalue weighted by molar-refractivity contribution is -0.0498. The number of halogens is 4. The fourth-order valence-electron chi connectivity index (χ4n) is 1.33. The lowest BCUT2D eigenvalue weighted by atomic mass is 10.2. The normalized spacial score (nSPS) is 10.7. The van der Waals surface area contributed by atoms with E-state index in [2.05, 4.69) is 14.7 Å². The molecule has 0 spiro atoms. The Morgan fingerprint density at radius 3 is 2.67 bits per heavy atom. The van der Waals surface area contributed by atoms with Crippen molar-refractivity contribution in [2.45, 2.75) is 6.61 Å². The van der Waals surface area contributed by atoms with Gasteiger partial charge in [-0.2, -0.15) is 8.78 Å². The van der Waals surface area contributed by atoms with Crippen molar-refractivity contribution in [2.24, 2.45) is 0 Å². The van der Waals surface area contributed by atoms with Gasteiger partial charge in [0.15, 0.2) is 0 Å². The van der Waals surface area contributed by atoms with E-state index in [0.717, 1.165) is 6.07 Å². The monoisotopic (exact) mass is 274 g/mol. The molecule has 94 valence electrons. The summed E-state index contributed by atoms with van der Waals surface area (Å²) in [5, 5.41) is -0.00349. The van der Waals surface area contributed by atoms with E-state index in [1.807, 2.05) is 0 Å². The van der Waals surface area contributed by atoms with Crippen LogP contribution in [0.2, 0.25) is 5.15 Å². The minimum absolute atomic E-state index is 0.00349. The fourth-order valence-corrected chi connectivity index (χ4v) is 1.48. The van der Waals surface area contributed by atoms with Crippen LogP contribution in [0.3, 0.4) is 0 Å². The number of alkyl halides is 2. The minimum Gasteiger partial charge on any atom is -0.435 e. The molecule has 0 aromatic carbocycles. The predicted molar refractivity (Wildman–Crippen MR) is 59.1 cm³/mol. The third kappa shape index (κ3) is 2.89. The first-order valence-electron chi connectivity index (χ1n) is 4.78. The van der Waals surface area contributed by atoms with Crippen LogP contribution < -0.4 is 4.74 Å². The zero-order valence-corrected chi connectivity index (χ0v) is 9.53. The molecule has 0 fully saturated rings. The van der Waals surface area contributed by atoms with E-state index >= 15 is 0 Å². The van der Waals surface area contributed by atoms with Crippen LogP contribution in [0.1, 0.15) is 0 Å². The third-order valence-electron chi connectivity index (χ3n) is 2.05. The average Bonchev–Trinajstić information content (AvgIpc) is 2.28. The van der Waals surface area contributed by atoms with Crippen molar-refractivity contribution >= 4 is 11.6 Å². The molecule has 7 heteroatoms. The SMILES string of the molecule is Fc1cc(Cl)ncc1-c1cc(OC(F)F)ccn1. The standard InChI is InChI=1S/C11H6ClF3N2O/c12-10-4-8(13)7(5-17-10)9-3-6(1-2-16-9)18-11(14)15/h1-5,11H. The summed E-state index contributed by atoms with van der Waals surface area (Å²) in [6.07, 6.45) is 2.41. The van der Waals surface area contributed by atoms with Crippen molar-refractivity contribution in [3.8, 4) is 17.0 Å². The van der Waals surface area contributed by atoms with Gasteiger partial charge >= 0.3 is 6.61 Å². The Hall–Kier alpha value is -1.82. The van der Waals surface area contributed by atoms with Crippen LogP contribution in [0.5, 0.6) is 5.75 Å². The summed E-state index contributed by atoms with van der Waals surface area (Å²) in [6.45, 7) is -2.95. The van der Waals surface area contributed by atoms with E-state index in [1.54, 1.807) is 0 Å². The highest BCUT2D eigenvalue weighted by Gasteiger charge is 2.10. The molecule has 0 N–H and O–H groups in total. The van der Waals surface area contributed by atoms with Gasteiger partial charge < -0.3 is 4.74 Å². The molecule has 3 nitrogen and oxygen atoms in total. The first-order chi connectivity index (χ1) is 8.56. The maximum atomic E-state index is 13.6. The van der Waals surface area contributed by atoms with E-state index < -0.39 is 12.4 Å². The van der Waals surface area contributed by atoms with Gasteiger partial charge in [-0.15, -0.1) is 0 Å². The Morgan fingerprint density at radius 2 is 2.00 bits per heavy atom. The van der Waals surface area contributed by atoms with E-state index in [-0.39, 0.29) is 22.2 Å². The quantitative estimate of drug-likeness (QED) is 0.803. The first kappa shape index (κ1) is 12.6. The molecule has 2 rings (SSSR count). The second kappa shape index (κ2) is 5.22. The topological polar surface area (TPSA) is 35.0 Å². The number of aromatic nitrogens is 2. The van der Waals surface area contributed by atoms with Gasteiger partial charge in [-0.1, -0.05) is 11.6 Å². The zero-order chi connectivity index (χ0) is 13.1. The highest BCUT2D eigenvalue weighted by Crippen LogP contribution is 2.25. The lowest BCUT2D eigenvalue weighted by Crippen LogP contribution is -2.02. The fraction of sp³-hybridized carbons (Fsp3) is 0.0909. The van der Waals surface area contributed by atoms with Gasteiger partial charge in [0.1, 0.15) is 16.7 Å². The number of hydrogen-bond acceptors (Lipinski definition) is 3. The van der Waals surface area contributed by atoms with E-state index in [4.69, 9.17) is 11.6 Å². The van der Waals surface area contributed by atoms with Crippen molar-refractivity contribution < 1.29 is 17.9 Å². The average molecular weight is 275 g/mol. The van der Waals surface area contributed by atoms with E-state index in [0.29, 0.717) is 0 Å². The molecule has 2 aromatic rings. The Balaban J connectivity index is 2.38. The maximum absolute atomic E-state index is 13.6. The third-order valence-corrected chi connectivity index (χ3v) is 2.26. The molecule has 0 bridgehead atoms.